The third-order valence-electron chi connectivity index (χ3n) is 2.40. The fourth-order valence-electron chi connectivity index (χ4n) is 1.54. The molecule has 1 aromatic rings. The van der Waals surface area contributed by atoms with Gasteiger partial charge in [-0.25, -0.2) is 0 Å². The smallest absolute Gasteiger partial charge is 0.255 e. The van der Waals surface area contributed by atoms with Gasteiger partial charge in [0, 0.05) is 31.6 Å². The fourth-order valence-corrected chi connectivity index (χ4v) is 1.71. The highest BCUT2D eigenvalue weighted by Crippen LogP contribution is 2.22. The van der Waals surface area contributed by atoms with Gasteiger partial charge >= 0.3 is 0 Å². The lowest BCUT2D eigenvalue weighted by Crippen LogP contribution is -2.26. The Labute approximate surface area is 117 Å². The molecule has 0 saturated heterocycles. The van der Waals surface area contributed by atoms with Crippen molar-refractivity contribution >= 4 is 29.1 Å². The van der Waals surface area contributed by atoms with Crippen molar-refractivity contribution in [2.24, 2.45) is 5.73 Å². The van der Waals surface area contributed by atoms with Crippen molar-refractivity contribution in [2.75, 3.05) is 19.4 Å². The van der Waals surface area contributed by atoms with Gasteiger partial charge in [-0.2, -0.15) is 0 Å². The number of hydrogen-bond acceptors (Lipinski definition) is 3. The molecule has 0 fully saturated rings. The van der Waals surface area contributed by atoms with Gasteiger partial charge in [0.15, 0.2) is 0 Å². The van der Waals surface area contributed by atoms with E-state index in [4.69, 9.17) is 17.3 Å². The summed E-state index contributed by atoms with van der Waals surface area (Å²) < 4.78 is 0. The van der Waals surface area contributed by atoms with E-state index in [2.05, 4.69) is 5.32 Å². The molecule has 3 N–H and O–H groups in total. The van der Waals surface area contributed by atoms with Crippen molar-refractivity contribution in [2.45, 2.75) is 19.4 Å². The lowest BCUT2D eigenvalue weighted by molar-refractivity contribution is -0.116. The Morgan fingerprint density at radius 3 is 2.58 bits per heavy atom. The quantitative estimate of drug-likeness (QED) is 0.883. The first-order valence-electron chi connectivity index (χ1n) is 5.88. The molecule has 1 aromatic carbocycles. The highest BCUT2D eigenvalue weighted by atomic mass is 35.5. The molecule has 0 saturated carbocycles. The van der Waals surface area contributed by atoms with Crippen LogP contribution in [0.25, 0.3) is 0 Å². The van der Waals surface area contributed by atoms with Crippen LogP contribution in [0.1, 0.15) is 23.7 Å². The van der Waals surface area contributed by atoms with Crippen LogP contribution >= 0.6 is 11.6 Å². The van der Waals surface area contributed by atoms with E-state index in [-0.39, 0.29) is 24.3 Å². The molecule has 19 heavy (non-hydrogen) atoms. The number of carbonyl (C=O) groups excluding carboxylic acids is 2. The van der Waals surface area contributed by atoms with Crippen LogP contribution in [-0.2, 0) is 4.79 Å². The predicted molar refractivity (Wildman–Crippen MR) is 76.4 cm³/mol. The number of nitrogens with one attached hydrogen (secondary N) is 1. The van der Waals surface area contributed by atoms with Crippen LogP contribution in [0.3, 0.4) is 0 Å². The van der Waals surface area contributed by atoms with Crippen LogP contribution in [0.4, 0.5) is 5.69 Å². The van der Waals surface area contributed by atoms with Gasteiger partial charge in [0.05, 0.1) is 11.3 Å². The van der Waals surface area contributed by atoms with Crippen LogP contribution in [-0.4, -0.2) is 36.9 Å². The molecule has 1 rings (SSSR count). The molecule has 1 unspecified atom stereocenters. The van der Waals surface area contributed by atoms with Crippen LogP contribution in [0.15, 0.2) is 18.2 Å². The molecular weight excluding hydrogens is 266 g/mol. The molecule has 0 aromatic heterocycles. The lowest BCUT2D eigenvalue weighted by atomic mass is 10.1. The highest BCUT2D eigenvalue weighted by Gasteiger charge is 2.16. The molecular formula is C13H18ClN3O2. The number of amides is 2. The van der Waals surface area contributed by atoms with E-state index in [0.717, 1.165) is 0 Å². The van der Waals surface area contributed by atoms with E-state index < -0.39 is 0 Å². The predicted octanol–water partition coefficient (Wildman–Crippen LogP) is 1.72. The second-order valence-corrected chi connectivity index (χ2v) is 5.06. The Hall–Kier alpha value is -1.59. The second-order valence-electron chi connectivity index (χ2n) is 4.62. The minimum atomic E-state index is -0.245. The van der Waals surface area contributed by atoms with Gasteiger partial charge in [0.25, 0.3) is 5.91 Å². The average molecular weight is 284 g/mol. The highest BCUT2D eigenvalue weighted by molar-refractivity contribution is 6.31. The summed E-state index contributed by atoms with van der Waals surface area (Å²) in [4.78, 5) is 25.1. The Balaban J connectivity index is 3.01. The van der Waals surface area contributed by atoms with Gasteiger partial charge in [-0.05, 0) is 25.1 Å². The minimum Gasteiger partial charge on any atom is -0.345 e. The molecule has 0 aliphatic heterocycles. The zero-order valence-corrected chi connectivity index (χ0v) is 12.0. The Morgan fingerprint density at radius 1 is 1.42 bits per heavy atom. The SMILES string of the molecule is CC(N)CC(=O)Nc1cc(Cl)ccc1C(=O)N(C)C. The number of rotatable bonds is 4. The van der Waals surface area contributed by atoms with Crippen molar-refractivity contribution in [3.63, 3.8) is 0 Å². The largest absolute Gasteiger partial charge is 0.345 e. The first-order chi connectivity index (χ1) is 8.81. The molecule has 2 amide bonds. The van der Waals surface area contributed by atoms with E-state index >= 15 is 0 Å². The Morgan fingerprint density at radius 2 is 2.05 bits per heavy atom. The van der Waals surface area contributed by atoms with Crippen molar-refractivity contribution in [3.8, 4) is 0 Å². The maximum absolute atomic E-state index is 12.0. The zero-order chi connectivity index (χ0) is 14.6. The number of nitrogens with two attached hydrogens (primary N) is 1. The standard InChI is InChI=1S/C13H18ClN3O2/c1-8(15)6-12(18)16-11-7-9(14)4-5-10(11)13(19)17(2)3/h4-5,7-8H,6,15H2,1-3H3,(H,16,18). The molecule has 0 aliphatic carbocycles. The van der Waals surface area contributed by atoms with Crippen molar-refractivity contribution in [1.82, 2.24) is 4.90 Å². The number of carbonyl (C=O) groups is 2. The van der Waals surface area contributed by atoms with Crippen molar-refractivity contribution in [3.05, 3.63) is 28.8 Å². The van der Waals surface area contributed by atoms with Gasteiger partial charge in [0.1, 0.15) is 0 Å². The molecule has 104 valence electrons. The van der Waals surface area contributed by atoms with E-state index in [9.17, 15) is 9.59 Å². The van der Waals surface area contributed by atoms with Gasteiger partial charge in [0.2, 0.25) is 5.91 Å². The maximum Gasteiger partial charge on any atom is 0.255 e. The summed E-state index contributed by atoms with van der Waals surface area (Å²) in [5.74, 6) is -0.446. The summed E-state index contributed by atoms with van der Waals surface area (Å²) in [6.07, 6.45) is 0.183. The summed E-state index contributed by atoms with van der Waals surface area (Å²) >= 11 is 5.89. The molecule has 5 nitrogen and oxygen atoms in total. The molecule has 0 spiro atoms. The van der Waals surface area contributed by atoms with Gasteiger partial charge < -0.3 is 16.0 Å². The van der Waals surface area contributed by atoms with Gasteiger partial charge in [-0.3, -0.25) is 9.59 Å². The summed E-state index contributed by atoms with van der Waals surface area (Å²) in [6, 6.07) is 4.51. The fraction of sp³-hybridized carbons (Fsp3) is 0.385. The van der Waals surface area contributed by atoms with Gasteiger partial charge in [-0.1, -0.05) is 11.6 Å². The van der Waals surface area contributed by atoms with Crippen LogP contribution in [0.2, 0.25) is 5.02 Å². The summed E-state index contributed by atoms with van der Waals surface area (Å²) in [6.45, 7) is 1.74. The van der Waals surface area contributed by atoms with E-state index in [0.29, 0.717) is 16.3 Å². The van der Waals surface area contributed by atoms with Crippen LogP contribution in [0, 0.1) is 0 Å². The van der Waals surface area contributed by atoms with E-state index in [1.807, 2.05) is 0 Å². The van der Waals surface area contributed by atoms with Crippen LogP contribution < -0.4 is 11.1 Å². The zero-order valence-electron chi connectivity index (χ0n) is 11.2. The normalized spacial score (nSPS) is 11.8. The number of benzene rings is 1. The summed E-state index contributed by atoms with van der Waals surface area (Å²) in [7, 11) is 3.29. The van der Waals surface area contributed by atoms with E-state index in [1.54, 1.807) is 39.2 Å². The Kier molecular flexibility index (Phi) is 5.32. The molecule has 1 atom stereocenters. The molecule has 0 heterocycles. The number of hydrogen-bond donors (Lipinski definition) is 2. The average Bonchev–Trinajstić information content (AvgIpc) is 2.26. The molecule has 0 bridgehead atoms. The topological polar surface area (TPSA) is 75.4 Å². The second kappa shape index (κ2) is 6.54. The van der Waals surface area contributed by atoms with Crippen molar-refractivity contribution < 1.29 is 9.59 Å². The summed E-state index contributed by atoms with van der Waals surface area (Å²) in [5, 5.41) is 3.12. The van der Waals surface area contributed by atoms with Gasteiger partial charge in [-0.15, -0.1) is 0 Å². The third kappa shape index (κ3) is 4.54. The number of nitrogens with zero attached hydrogens (tertiary/aromatic N) is 1. The first kappa shape index (κ1) is 15.5. The minimum absolute atomic E-state index is 0.183. The lowest BCUT2D eigenvalue weighted by Gasteiger charge is -2.15. The first-order valence-corrected chi connectivity index (χ1v) is 6.25. The van der Waals surface area contributed by atoms with Crippen LogP contribution in [0.5, 0.6) is 0 Å². The van der Waals surface area contributed by atoms with Crippen molar-refractivity contribution in [1.29, 1.82) is 0 Å². The number of anilines is 1. The van der Waals surface area contributed by atoms with E-state index in [1.165, 1.54) is 4.90 Å². The third-order valence-corrected chi connectivity index (χ3v) is 2.63. The monoisotopic (exact) mass is 283 g/mol. The number of halogens is 1. The molecule has 0 aliphatic rings. The Bertz CT molecular complexity index is 487. The molecule has 6 heteroatoms. The maximum atomic E-state index is 12.0. The molecule has 0 radical (unpaired) electrons. The summed E-state index contributed by atoms with van der Waals surface area (Å²) in [5.41, 5.74) is 6.36.